The van der Waals surface area contributed by atoms with E-state index in [-0.39, 0.29) is 0 Å². The molecule has 0 spiro atoms. The second-order valence-corrected chi connectivity index (χ2v) is 2.90. The van der Waals surface area contributed by atoms with Gasteiger partial charge in [-0.25, -0.2) is 0 Å². The number of rotatable bonds is 1. The van der Waals surface area contributed by atoms with Crippen LogP contribution in [0.2, 0.25) is 0 Å². The highest BCUT2D eigenvalue weighted by atomic mass is 16.3. The summed E-state index contributed by atoms with van der Waals surface area (Å²) in [6, 6.07) is 5.34. The summed E-state index contributed by atoms with van der Waals surface area (Å²) in [4.78, 5) is 10.4. The molecule has 1 atom stereocenters. The third-order valence-electron chi connectivity index (χ3n) is 2.00. The van der Waals surface area contributed by atoms with E-state index in [9.17, 15) is 9.90 Å². The standard InChI is InChI=1S/C9H9NO2/c11-5-6-1-2-8-7(3-6)4-9(12)10-8/h1-3,5,9-10,12H,4H2. The summed E-state index contributed by atoms with van der Waals surface area (Å²) in [5.41, 5.74) is 2.59. The first kappa shape index (κ1) is 7.31. The van der Waals surface area contributed by atoms with E-state index in [0.717, 1.165) is 17.5 Å². The van der Waals surface area contributed by atoms with Gasteiger partial charge in [-0.15, -0.1) is 0 Å². The Kier molecular flexibility index (Phi) is 1.59. The summed E-state index contributed by atoms with van der Waals surface area (Å²) >= 11 is 0. The number of aldehydes is 1. The average molecular weight is 163 g/mol. The van der Waals surface area contributed by atoms with Gasteiger partial charge in [0.1, 0.15) is 12.5 Å². The van der Waals surface area contributed by atoms with Gasteiger partial charge in [0.15, 0.2) is 0 Å². The fraction of sp³-hybridized carbons (Fsp3) is 0.222. The lowest BCUT2D eigenvalue weighted by Gasteiger charge is -2.00. The summed E-state index contributed by atoms with van der Waals surface area (Å²) in [5, 5.41) is 12.1. The Morgan fingerprint density at radius 1 is 1.58 bits per heavy atom. The van der Waals surface area contributed by atoms with Gasteiger partial charge in [0.25, 0.3) is 0 Å². The molecular formula is C9H9NO2. The van der Waals surface area contributed by atoms with Crippen LogP contribution in [0.5, 0.6) is 0 Å². The molecule has 0 radical (unpaired) electrons. The Labute approximate surface area is 70.0 Å². The van der Waals surface area contributed by atoms with Crippen LogP contribution in [0, 0.1) is 0 Å². The molecule has 3 nitrogen and oxygen atoms in total. The van der Waals surface area contributed by atoms with E-state index >= 15 is 0 Å². The van der Waals surface area contributed by atoms with Crippen molar-refractivity contribution in [1.82, 2.24) is 0 Å². The number of carbonyl (C=O) groups is 1. The van der Waals surface area contributed by atoms with E-state index in [2.05, 4.69) is 5.32 Å². The summed E-state index contributed by atoms with van der Waals surface area (Å²) in [6.07, 6.45) is 0.893. The number of anilines is 1. The molecule has 0 saturated heterocycles. The maximum absolute atomic E-state index is 10.4. The van der Waals surface area contributed by atoms with Gasteiger partial charge in [-0.3, -0.25) is 4.79 Å². The quantitative estimate of drug-likeness (QED) is 0.601. The highest BCUT2D eigenvalue weighted by Gasteiger charge is 2.17. The maximum Gasteiger partial charge on any atom is 0.150 e. The van der Waals surface area contributed by atoms with E-state index in [1.807, 2.05) is 6.07 Å². The number of fused-ring (bicyclic) bond motifs is 1. The summed E-state index contributed by atoms with van der Waals surface area (Å²) in [6.45, 7) is 0. The number of carbonyl (C=O) groups excluding carboxylic acids is 1. The maximum atomic E-state index is 10.4. The van der Waals surface area contributed by atoms with E-state index in [1.165, 1.54) is 0 Å². The minimum absolute atomic E-state index is 0.498. The Morgan fingerprint density at radius 2 is 2.42 bits per heavy atom. The number of aliphatic hydroxyl groups excluding tert-OH is 1. The molecule has 0 aliphatic carbocycles. The van der Waals surface area contributed by atoms with E-state index < -0.39 is 6.23 Å². The molecule has 1 unspecified atom stereocenters. The van der Waals surface area contributed by atoms with Crippen LogP contribution in [-0.2, 0) is 6.42 Å². The lowest BCUT2D eigenvalue weighted by molar-refractivity contribution is 0.112. The zero-order valence-corrected chi connectivity index (χ0v) is 6.45. The molecule has 2 rings (SSSR count). The van der Waals surface area contributed by atoms with Crippen molar-refractivity contribution < 1.29 is 9.90 Å². The first-order valence-corrected chi connectivity index (χ1v) is 3.82. The molecule has 0 bridgehead atoms. The molecule has 62 valence electrons. The van der Waals surface area contributed by atoms with Crippen LogP contribution in [0.4, 0.5) is 5.69 Å². The highest BCUT2D eigenvalue weighted by Crippen LogP contribution is 2.24. The summed E-state index contributed by atoms with van der Waals surface area (Å²) < 4.78 is 0. The largest absolute Gasteiger partial charge is 0.373 e. The molecule has 0 aromatic heterocycles. The van der Waals surface area contributed by atoms with E-state index in [1.54, 1.807) is 12.1 Å². The molecular weight excluding hydrogens is 154 g/mol. The molecule has 3 heteroatoms. The predicted molar refractivity (Wildman–Crippen MR) is 45.2 cm³/mol. The third kappa shape index (κ3) is 1.08. The predicted octanol–water partition coefficient (Wildman–Crippen LogP) is 0.785. The zero-order chi connectivity index (χ0) is 8.55. The molecule has 1 aromatic rings. The summed E-state index contributed by atoms with van der Waals surface area (Å²) in [5.74, 6) is 0. The normalized spacial score (nSPS) is 19.9. The van der Waals surface area contributed by atoms with Crippen molar-refractivity contribution in [3.05, 3.63) is 29.3 Å². The lowest BCUT2D eigenvalue weighted by Crippen LogP contribution is -2.12. The van der Waals surface area contributed by atoms with Crippen molar-refractivity contribution >= 4 is 12.0 Å². The van der Waals surface area contributed by atoms with Gasteiger partial charge in [0.2, 0.25) is 0 Å². The van der Waals surface area contributed by atoms with Gasteiger partial charge in [-0.1, -0.05) is 0 Å². The molecule has 0 saturated carbocycles. The Hall–Kier alpha value is -1.35. The lowest BCUT2D eigenvalue weighted by atomic mass is 10.1. The van der Waals surface area contributed by atoms with Gasteiger partial charge in [-0.05, 0) is 23.8 Å². The molecule has 2 N–H and O–H groups in total. The van der Waals surface area contributed by atoms with Gasteiger partial charge >= 0.3 is 0 Å². The average Bonchev–Trinajstić information content (AvgIpc) is 2.43. The van der Waals surface area contributed by atoms with Crippen LogP contribution < -0.4 is 5.32 Å². The van der Waals surface area contributed by atoms with Crippen LogP contribution in [-0.4, -0.2) is 17.6 Å². The van der Waals surface area contributed by atoms with Gasteiger partial charge < -0.3 is 10.4 Å². The Balaban J connectivity index is 2.41. The number of hydrogen-bond acceptors (Lipinski definition) is 3. The smallest absolute Gasteiger partial charge is 0.150 e. The van der Waals surface area contributed by atoms with Crippen LogP contribution in [0.1, 0.15) is 15.9 Å². The fourth-order valence-corrected chi connectivity index (χ4v) is 1.44. The zero-order valence-electron chi connectivity index (χ0n) is 6.45. The van der Waals surface area contributed by atoms with Crippen molar-refractivity contribution in [2.24, 2.45) is 0 Å². The van der Waals surface area contributed by atoms with Crippen molar-refractivity contribution in [2.75, 3.05) is 5.32 Å². The molecule has 1 heterocycles. The molecule has 0 fully saturated rings. The highest BCUT2D eigenvalue weighted by molar-refractivity contribution is 5.77. The van der Waals surface area contributed by atoms with E-state index in [0.29, 0.717) is 12.0 Å². The second-order valence-electron chi connectivity index (χ2n) is 2.90. The molecule has 0 amide bonds. The molecule has 1 aliphatic rings. The topological polar surface area (TPSA) is 49.3 Å². The van der Waals surface area contributed by atoms with Crippen molar-refractivity contribution in [3.63, 3.8) is 0 Å². The minimum Gasteiger partial charge on any atom is -0.373 e. The Morgan fingerprint density at radius 3 is 3.17 bits per heavy atom. The number of nitrogens with one attached hydrogen (secondary N) is 1. The van der Waals surface area contributed by atoms with Gasteiger partial charge in [0.05, 0.1) is 0 Å². The van der Waals surface area contributed by atoms with Crippen LogP contribution in [0.25, 0.3) is 0 Å². The minimum atomic E-state index is -0.498. The van der Waals surface area contributed by atoms with Crippen LogP contribution >= 0.6 is 0 Å². The third-order valence-corrected chi connectivity index (χ3v) is 2.00. The van der Waals surface area contributed by atoms with Gasteiger partial charge in [0, 0.05) is 17.7 Å². The van der Waals surface area contributed by atoms with E-state index in [4.69, 9.17) is 0 Å². The first-order valence-electron chi connectivity index (χ1n) is 3.82. The number of hydrogen-bond donors (Lipinski definition) is 2. The molecule has 1 aliphatic heterocycles. The number of aliphatic hydroxyl groups is 1. The van der Waals surface area contributed by atoms with Crippen LogP contribution in [0.15, 0.2) is 18.2 Å². The molecule has 1 aromatic carbocycles. The summed E-state index contributed by atoms with van der Waals surface area (Å²) in [7, 11) is 0. The van der Waals surface area contributed by atoms with Crippen molar-refractivity contribution in [1.29, 1.82) is 0 Å². The first-order chi connectivity index (χ1) is 5.79. The second kappa shape index (κ2) is 2.60. The van der Waals surface area contributed by atoms with Crippen LogP contribution in [0.3, 0.4) is 0 Å². The van der Waals surface area contributed by atoms with Crippen molar-refractivity contribution in [2.45, 2.75) is 12.6 Å². The monoisotopic (exact) mass is 163 g/mol. The molecule has 12 heavy (non-hydrogen) atoms. The number of benzene rings is 1. The van der Waals surface area contributed by atoms with Crippen molar-refractivity contribution in [3.8, 4) is 0 Å². The SMILES string of the molecule is O=Cc1ccc2c(c1)CC(O)N2. The Bertz CT molecular complexity index is 322. The fourth-order valence-electron chi connectivity index (χ4n) is 1.44. The van der Waals surface area contributed by atoms with Gasteiger partial charge in [-0.2, -0.15) is 0 Å².